The average molecular weight is 256 g/mol. The van der Waals surface area contributed by atoms with Crippen LogP contribution in [0.5, 0.6) is 0 Å². The summed E-state index contributed by atoms with van der Waals surface area (Å²) in [7, 11) is 2.51. The summed E-state index contributed by atoms with van der Waals surface area (Å²) in [6.45, 7) is 0. The summed E-state index contributed by atoms with van der Waals surface area (Å²) in [5, 5.41) is 0.167. The Kier molecular flexibility index (Phi) is 4.66. The fourth-order valence-electron chi connectivity index (χ4n) is 1.09. The Hall–Kier alpha value is -1.88. The van der Waals surface area contributed by atoms with Crippen molar-refractivity contribution in [2.45, 2.75) is 0 Å². The first-order valence-corrected chi connectivity index (χ1v) is 4.96. The third kappa shape index (κ3) is 3.57. The fourth-order valence-corrected chi connectivity index (χ4v) is 1.24. The maximum Gasteiger partial charge on any atom is 0.338 e. The van der Waals surface area contributed by atoms with Gasteiger partial charge in [0.1, 0.15) is 5.15 Å². The highest BCUT2D eigenvalue weighted by Gasteiger charge is 2.11. The van der Waals surface area contributed by atoms with E-state index in [4.69, 9.17) is 11.6 Å². The number of esters is 2. The zero-order chi connectivity index (χ0) is 12.8. The van der Waals surface area contributed by atoms with Gasteiger partial charge in [-0.15, -0.1) is 0 Å². The van der Waals surface area contributed by atoms with Crippen LogP contribution < -0.4 is 0 Å². The molecule has 0 bridgehead atoms. The molecule has 0 saturated carbocycles. The van der Waals surface area contributed by atoms with Crippen molar-refractivity contribution >= 4 is 29.6 Å². The molecule has 0 unspecified atom stereocenters. The highest BCUT2D eigenvalue weighted by molar-refractivity contribution is 6.29. The first kappa shape index (κ1) is 13.2. The van der Waals surface area contributed by atoms with Crippen molar-refractivity contribution in [1.29, 1.82) is 0 Å². The molecule has 0 aromatic carbocycles. The van der Waals surface area contributed by atoms with Crippen LogP contribution in [0.3, 0.4) is 0 Å². The molecule has 0 aliphatic heterocycles. The van der Waals surface area contributed by atoms with E-state index in [9.17, 15) is 9.59 Å². The molecular weight excluding hydrogens is 246 g/mol. The van der Waals surface area contributed by atoms with Gasteiger partial charge >= 0.3 is 11.9 Å². The molecule has 0 aliphatic carbocycles. The van der Waals surface area contributed by atoms with Crippen LogP contribution in [0.25, 0.3) is 6.08 Å². The number of carbonyl (C=O) groups excluding carboxylic acids is 2. The third-order valence-electron chi connectivity index (χ3n) is 1.91. The van der Waals surface area contributed by atoms with Gasteiger partial charge in [0.05, 0.1) is 19.8 Å². The van der Waals surface area contributed by atoms with Crippen molar-refractivity contribution in [2.75, 3.05) is 14.2 Å². The number of methoxy groups -OCH3 is 2. The van der Waals surface area contributed by atoms with Crippen LogP contribution in [-0.4, -0.2) is 31.1 Å². The molecule has 1 aromatic rings. The molecule has 0 spiro atoms. The quantitative estimate of drug-likeness (QED) is 0.467. The zero-order valence-electron chi connectivity index (χ0n) is 9.27. The van der Waals surface area contributed by atoms with Crippen LogP contribution >= 0.6 is 11.6 Å². The second-order valence-electron chi connectivity index (χ2n) is 2.94. The topological polar surface area (TPSA) is 65.5 Å². The van der Waals surface area contributed by atoms with E-state index >= 15 is 0 Å². The monoisotopic (exact) mass is 255 g/mol. The molecule has 6 heteroatoms. The Morgan fingerprint density at radius 3 is 2.65 bits per heavy atom. The van der Waals surface area contributed by atoms with Crippen molar-refractivity contribution in [2.24, 2.45) is 0 Å². The number of pyridine rings is 1. The van der Waals surface area contributed by atoms with E-state index in [0.29, 0.717) is 5.56 Å². The Bertz CT molecular complexity index is 471. The van der Waals surface area contributed by atoms with E-state index in [2.05, 4.69) is 14.5 Å². The molecule has 1 rings (SSSR count). The van der Waals surface area contributed by atoms with Gasteiger partial charge in [-0.2, -0.15) is 0 Å². The number of hydrogen-bond acceptors (Lipinski definition) is 5. The lowest BCUT2D eigenvalue weighted by molar-refractivity contribution is -0.134. The largest absolute Gasteiger partial charge is 0.466 e. The molecule has 17 heavy (non-hydrogen) atoms. The average Bonchev–Trinajstić information content (AvgIpc) is 2.35. The highest BCUT2D eigenvalue weighted by Crippen LogP contribution is 2.15. The third-order valence-corrected chi connectivity index (χ3v) is 2.11. The van der Waals surface area contributed by atoms with Crippen LogP contribution in [0, 0.1) is 0 Å². The summed E-state index contributed by atoms with van der Waals surface area (Å²) in [5.74, 6) is -1.09. The minimum Gasteiger partial charge on any atom is -0.466 e. The highest BCUT2D eigenvalue weighted by atomic mass is 35.5. The Balaban J connectivity index is 3.10. The van der Waals surface area contributed by atoms with Crippen molar-refractivity contribution in [3.05, 3.63) is 34.6 Å². The van der Waals surface area contributed by atoms with Crippen LogP contribution in [0.4, 0.5) is 0 Å². The molecule has 0 atom stereocenters. The Morgan fingerprint density at radius 1 is 1.35 bits per heavy atom. The lowest BCUT2D eigenvalue weighted by atomic mass is 10.1. The molecule has 5 nitrogen and oxygen atoms in total. The smallest absolute Gasteiger partial charge is 0.338 e. The number of aromatic nitrogens is 1. The normalized spacial score (nSPS) is 10.3. The Morgan fingerprint density at radius 2 is 2.06 bits per heavy atom. The van der Waals surface area contributed by atoms with Crippen molar-refractivity contribution < 1.29 is 19.1 Å². The van der Waals surface area contributed by atoms with Crippen molar-refractivity contribution in [3.63, 3.8) is 0 Å². The minimum absolute atomic E-state index is 0.167. The molecule has 0 saturated heterocycles. The summed E-state index contributed by atoms with van der Waals surface area (Å²) in [4.78, 5) is 26.2. The van der Waals surface area contributed by atoms with Gasteiger partial charge in [0.15, 0.2) is 0 Å². The number of rotatable bonds is 3. The Labute approximate surface area is 103 Å². The van der Waals surface area contributed by atoms with Crippen LogP contribution in [0.15, 0.2) is 18.3 Å². The summed E-state index contributed by atoms with van der Waals surface area (Å²) < 4.78 is 9.02. The summed E-state index contributed by atoms with van der Waals surface area (Å²) in [5.41, 5.74) is 0.652. The summed E-state index contributed by atoms with van der Waals surface area (Å²) in [6, 6.07) is 1.37. The minimum atomic E-state index is -0.557. The predicted octanol–water partition coefficient (Wildman–Crippen LogP) is 1.71. The number of halogens is 1. The fraction of sp³-hybridized carbons (Fsp3) is 0.182. The molecule has 0 amide bonds. The zero-order valence-corrected chi connectivity index (χ0v) is 10.0. The van der Waals surface area contributed by atoms with Gasteiger partial charge in [0, 0.05) is 17.8 Å². The summed E-state index contributed by atoms with van der Waals surface area (Å²) in [6.07, 6.45) is 3.95. The molecular formula is C11H10ClNO4. The maximum atomic E-state index is 11.4. The standard InChI is InChI=1S/C11H10ClNO4/c1-16-10(14)4-3-7-6-13-9(12)5-8(7)11(15)17-2/h3-6H,1-2H3/b4-3+. The van der Waals surface area contributed by atoms with Gasteiger partial charge in [-0.3, -0.25) is 0 Å². The van der Waals surface area contributed by atoms with Crippen molar-refractivity contribution in [3.8, 4) is 0 Å². The lowest BCUT2D eigenvalue weighted by Gasteiger charge is -2.03. The van der Waals surface area contributed by atoms with Gasteiger partial charge in [-0.05, 0) is 12.1 Å². The van der Waals surface area contributed by atoms with Crippen LogP contribution in [-0.2, 0) is 14.3 Å². The van der Waals surface area contributed by atoms with E-state index in [1.807, 2.05) is 0 Å². The van der Waals surface area contributed by atoms with E-state index in [1.54, 1.807) is 0 Å². The van der Waals surface area contributed by atoms with E-state index in [-0.39, 0.29) is 10.7 Å². The molecule has 1 heterocycles. The van der Waals surface area contributed by atoms with E-state index in [1.165, 1.54) is 38.6 Å². The molecule has 0 fully saturated rings. The summed E-state index contributed by atoms with van der Waals surface area (Å²) >= 11 is 5.67. The van der Waals surface area contributed by atoms with Crippen LogP contribution in [0.2, 0.25) is 5.15 Å². The van der Waals surface area contributed by atoms with Gasteiger partial charge in [-0.1, -0.05) is 11.6 Å². The maximum absolute atomic E-state index is 11.4. The van der Waals surface area contributed by atoms with Gasteiger partial charge in [0.2, 0.25) is 0 Å². The number of ether oxygens (including phenoxy) is 2. The van der Waals surface area contributed by atoms with E-state index < -0.39 is 11.9 Å². The van der Waals surface area contributed by atoms with Gasteiger partial charge in [0.25, 0.3) is 0 Å². The number of carbonyl (C=O) groups is 2. The number of hydrogen-bond donors (Lipinski definition) is 0. The molecule has 0 N–H and O–H groups in total. The molecule has 0 aliphatic rings. The lowest BCUT2D eigenvalue weighted by Crippen LogP contribution is -2.04. The van der Waals surface area contributed by atoms with E-state index in [0.717, 1.165) is 0 Å². The second-order valence-corrected chi connectivity index (χ2v) is 3.33. The van der Waals surface area contributed by atoms with Crippen LogP contribution in [0.1, 0.15) is 15.9 Å². The second kappa shape index (κ2) is 6.00. The van der Waals surface area contributed by atoms with Gasteiger partial charge in [-0.25, -0.2) is 14.6 Å². The molecule has 1 aromatic heterocycles. The predicted molar refractivity (Wildman–Crippen MR) is 61.6 cm³/mol. The molecule has 90 valence electrons. The first-order valence-electron chi connectivity index (χ1n) is 4.58. The molecule has 0 radical (unpaired) electrons. The number of nitrogens with zero attached hydrogens (tertiary/aromatic N) is 1. The van der Waals surface area contributed by atoms with Gasteiger partial charge < -0.3 is 9.47 Å². The first-order chi connectivity index (χ1) is 8.08. The van der Waals surface area contributed by atoms with Crippen molar-refractivity contribution in [1.82, 2.24) is 4.98 Å². The SMILES string of the molecule is COC(=O)/C=C/c1cnc(Cl)cc1C(=O)OC.